The fourth-order valence-corrected chi connectivity index (χ4v) is 1.67. The highest BCUT2D eigenvalue weighted by molar-refractivity contribution is 5.66. The maximum absolute atomic E-state index is 4.14. The zero-order valence-corrected chi connectivity index (χ0v) is 12.8. The van der Waals surface area contributed by atoms with Crippen LogP contribution in [0, 0.1) is 0 Å². The van der Waals surface area contributed by atoms with Gasteiger partial charge in [-0.3, -0.25) is 4.98 Å². The lowest BCUT2D eigenvalue weighted by Crippen LogP contribution is -2.06. The summed E-state index contributed by atoms with van der Waals surface area (Å²) < 4.78 is 0. The lowest BCUT2D eigenvalue weighted by molar-refractivity contribution is 0.819. The number of nitrogens with one attached hydrogen (secondary N) is 1. The minimum absolute atomic E-state index is 0.880. The van der Waals surface area contributed by atoms with E-state index in [1.165, 1.54) is 16.7 Å². The molecule has 0 spiro atoms. The molecule has 0 amide bonds. The van der Waals surface area contributed by atoms with Gasteiger partial charge < -0.3 is 5.32 Å². The molecule has 1 N–H and O–H groups in total. The fraction of sp³-hybridized carbons (Fsp3) is 0.353. The molecule has 2 rings (SSSR count). The van der Waals surface area contributed by atoms with Crippen LogP contribution in [0.4, 0.5) is 0 Å². The first-order chi connectivity index (χ1) is 9.42. The summed E-state index contributed by atoms with van der Waals surface area (Å²) in [5, 5.41) is 3.17. The van der Waals surface area contributed by atoms with Gasteiger partial charge in [0.05, 0.1) is 0 Å². The quantitative estimate of drug-likeness (QED) is 0.875. The first-order valence-corrected chi connectivity index (χ1v) is 7.04. The van der Waals surface area contributed by atoms with Gasteiger partial charge in [-0.15, -0.1) is 0 Å². The Hall–Kier alpha value is -1.67. The van der Waals surface area contributed by atoms with Crippen LogP contribution in [0.25, 0.3) is 11.1 Å². The SMILES string of the molecule is CC.CC.CNCc1ccccc1-c1cccnc1. The number of hydrogen-bond acceptors (Lipinski definition) is 2. The van der Waals surface area contributed by atoms with Crippen molar-refractivity contribution < 1.29 is 0 Å². The van der Waals surface area contributed by atoms with E-state index in [1.54, 1.807) is 6.20 Å². The first-order valence-electron chi connectivity index (χ1n) is 7.04. The highest BCUT2D eigenvalue weighted by Gasteiger charge is 2.02. The third-order valence-corrected chi connectivity index (χ3v) is 2.36. The van der Waals surface area contributed by atoms with Crippen LogP contribution in [0.1, 0.15) is 33.3 Å². The van der Waals surface area contributed by atoms with Crippen molar-refractivity contribution in [3.8, 4) is 11.1 Å². The second kappa shape index (κ2) is 11.4. The molecular weight excluding hydrogens is 232 g/mol. The lowest BCUT2D eigenvalue weighted by atomic mass is 10.0. The van der Waals surface area contributed by atoms with Crippen molar-refractivity contribution in [2.75, 3.05) is 7.05 Å². The summed E-state index contributed by atoms with van der Waals surface area (Å²) >= 11 is 0. The summed E-state index contributed by atoms with van der Waals surface area (Å²) in [6.45, 7) is 8.88. The average molecular weight is 258 g/mol. The van der Waals surface area contributed by atoms with E-state index in [1.807, 2.05) is 47.0 Å². The highest BCUT2D eigenvalue weighted by Crippen LogP contribution is 2.22. The summed E-state index contributed by atoms with van der Waals surface area (Å²) in [6, 6.07) is 12.4. The summed E-state index contributed by atoms with van der Waals surface area (Å²) in [4.78, 5) is 4.14. The molecule has 2 nitrogen and oxygen atoms in total. The molecule has 104 valence electrons. The Bertz CT molecular complexity index is 424. The number of hydrogen-bond donors (Lipinski definition) is 1. The van der Waals surface area contributed by atoms with Gasteiger partial charge in [-0.1, -0.05) is 58.0 Å². The van der Waals surface area contributed by atoms with E-state index in [4.69, 9.17) is 0 Å². The molecule has 1 heterocycles. The van der Waals surface area contributed by atoms with Gasteiger partial charge in [0.2, 0.25) is 0 Å². The van der Waals surface area contributed by atoms with Crippen LogP contribution in [0.2, 0.25) is 0 Å². The molecule has 0 saturated carbocycles. The first kappa shape index (κ1) is 17.3. The standard InChI is InChI=1S/C13H14N2.2C2H6/c1-14-9-11-5-2-3-7-13(11)12-6-4-8-15-10-12;2*1-2/h2-8,10,14H,9H2,1H3;2*1-2H3. The molecular formula is C17H26N2. The largest absolute Gasteiger partial charge is 0.316 e. The highest BCUT2D eigenvalue weighted by atomic mass is 14.8. The molecule has 1 aromatic heterocycles. The predicted octanol–water partition coefficient (Wildman–Crippen LogP) is 4.52. The van der Waals surface area contributed by atoms with Crippen LogP contribution in [0.15, 0.2) is 48.8 Å². The van der Waals surface area contributed by atoms with E-state index in [0.29, 0.717) is 0 Å². The number of benzene rings is 1. The molecule has 2 heteroatoms. The van der Waals surface area contributed by atoms with Crippen molar-refractivity contribution in [2.24, 2.45) is 0 Å². The topological polar surface area (TPSA) is 24.9 Å². The summed E-state index contributed by atoms with van der Waals surface area (Å²) in [5.74, 6) is 0. The Labute approximate surface area is 117 Å². The number of rotatable bonds is 3. The third kappa shape index (κ3) is 5.66. The van der Waals surface area contributed by atoms with Crippen molar-refractivity contribution in [3.63, 3.8) is 0 Å². The molecule has 0 aliphatic heterocycles. The van der Waals surface area contributed by atoms with Gasteiger partial charge >= 0.3 is 0 Å². The molecule has 0 aliphatic rings. The van der Waals surface area contributed by atoms with Gasteiger partial charge in [0.15, 0.2) is 0 Å². The minimum Gasteiger partial charge on any atom is -0.316 e. The van der Waals surface area contributed by atoms with Crippen molar-refractivity contribution in [3.05, 3.63) is 54.4 Å². The zero-order valence-electron chi connectivity index (χ0n) is 12.8. The Morgan fingerprint density at radius 1 is 0.947 bits per heavy atom. The maximum atomic E-state index is 4.14. The average Bonchev–Trinajstić information content (AvgIpc) is 2.53. The third-order valence-electron chi connectivity index (χ3n) is 2.36. The Morgan fingerprint density at radius 2 is 1.63 bits per heavy atom. The Morgan fingerprint density at radius 3 is 2.21 bits per heavy atom. The van der Waals surface area contributed by atoms with E-state index in [9.17, 15) is 0 Å². The molecule has 0 atom stereocenters. The number of nitrogens with zero attached hydrogens (tertiary/aromatic N) is 1. The molecule has 0 aliphatic carbocycles. The van der Waals surface area contributed by atoms with Crippen molar-refractivity contribution in [1.82, 2.24) is 10.3 Å². The normalized spacial score (nSPS) is 8.68. The Kier molecular flexibility index (Phi) is 10.4. The molecule has 0 radical (unpaired) electrons. The Balaban J connectivity index is 0.000000741. The summed E-state index contributed by atoms with van der Waals surface area (Å²) in [6.07, 6.45) is 3.69. The van der Waals surface area contributed by atoms with Crippen molar-refractivity contribution in [2.45, 2.75) is 34.2 Å². The monoisotopic (exact) mass is 258 g/mol. The molecule has 0 saturated heterocycles. The molecule has 0 unspecified atom stereocenters. The fourth-order valence-electron chi connectivity index (χ4n) is 1.67. The van der Waals surface area contributed by atoms with Gasteiger partial charge in [0.25, 0.3) is 0 Å². The van der Waals surface area contributed by atoms with E-state index >= 15 is 0 Å². The van der Waals surface area contributed by atoms with Gasteiger partial charge in [-0.05, 0) is 24.2 Å². The second-order valence-electron chi connectivity index (χ2n) is 3.43. The lowest BCUT2D eigenvalue weighted by Gasteiger charge is -2.08. The van der Waals surface area contributed by atoms with Crippen molar-refractivity contribution in [1.29, 1.82) is 0 Å². The predicted molar refractivity (Wildman–Crippen MR) is 85.1 cm³/mol. The molecule has 19 heavy (non-hydrogen) atoms. The molecule has 0 bridgehead atoms. The molecule has 0 fully saturated rings. The van der Waals surface area contributed by atoms with Gasteiger partial charge in [0, 0.05) is 24.5 Å². The van der Waals surface area contributed by atoms with E-state index < -0.39 is 0 Å². The number of aromatic nitrogens is 1. The van der Waals surface area contributed by atoms with Crippen LogP contribution in [0.5, 0.6) is 0 Å². The van der Waals surface area contributed by atoms with Gasteiger partial charge in [-0.2, -0.15) is 0 Å². The van der Waals surface area contributed by atoms with E-state index in [0.717, 1.165) is 6.54 Å². The van der Waals surface area contributed by atoms with Crippen LogP contribution in [-0.4, -0.2) is 12.0 Å². The van der Waals surface area contributed by atoms with Crippen LogP contribution in [0.3, 0.4) is 0 Å². The summed E-state index contributed by atoms with van der Waals surface area (Å²) in [5.41, 5.74) is 3.72. The van der Waals surface area contributed by atoms with Gasteiger partial charge in [0.1, 0.15) is 0 Å². The molecule has 2 aromatic rings. The zero-order chi connectivity index (χ0) is 14.5. The minimum atomic E-state index is 0.880. The van der Waals surface area contributed by atoms with Crippen LogP contribution in [-0.2, 0) is 6.54 Å². The van der Waals surface area contributed by atoms with E-state index in [-0.39, 0.29) is 0 Å². The van der Waals surface area contributed by atoms with E-state index in [2.05, 4.69) is 40.6 Å². The molecule has 1 aromatic carbocycles. The maximum Gasteiger partial charge on any atom is 0.0346 e. The second-order valence-corrected chi connectivity index (χ2v) is 3.43. The number of pyridine rings is 1. The van der Waals surface area contributed by atoms with Gasteiger partial charge in [-0.25, -0.2) is 0 Å². The summed E-state index contributed by atoms with van der Waals surface area (Å²) in [7, 11) is 1.96. The van der Waals surface area contributed by atoms with Crippen LogP contribution < -0.4 is 5.32 Å². The smallest absolute Gasteiger partial charge is 0.0346 e. The van der Waals surface area contributed by atoms with Crippen LogP contribution >= 0.6 is 0 Å². The van der Waals surface area contributed by atoms with Crippen molar-refractivity contribution >= 4 is 0 Å².